The molecule has 0 bridgehead atoms. The van der Waals surface area contributed by atoms with Crippen molar-refractivity contribution in [1.29, 1.82) is 0 Å². The van der Waals surface area contributed by atoms with Crippen molar-refractivity contribution in [3.05, 3.63) is 17.5 Å². The predicted molar refractivity (Wildman–Crippen MR) is 80.2 cm³/mol. The molecule has 0 spiro atoms. The second-order valence-electron chi connectivity index (χ2n) is 6.84. The van der Waals surface area contributed by atoms with Gasteiger partial charge in [-0.25, -0.2) is 0 Å². The highest BCUT2D eigenvalue weighted by Gasteiger charge is 2.26. The quantitative estimate of drug-likeness (QED) is 0.879. The molecule has 1 fully saturated rings. The molecule has 1 saturated carbocycles. The lowest BCUT2D eigenvalue weighted by molar-refractivity contribution is 0.207. The van der Waals surface area contributed by atoms with Crippen LogP contribution in [0.15, 0.2) is 6.20 Å². The van der Waals surface area contributed by atoms with Crippen molar-refractivity contribution in [2.45, 2.75) is 65.3 Å². The van der Waals surface area contributed by atoms with Crippen molar-refractivity contribution in [1.82, 2.24) is 15.1 Å². The zero-order valence-corrected chi connectivity index (χ0v) is 13.0. The second kappa shape index (κ2) is 6.08. The topological polar surface area (TPSA) is 29.9 Å². The van der Waals surface area contributed by atoms with E-state index in [0.29, 0.717) is 11.3 Å². The Morgan fingerprint density at radius 3 is 2.63 bits per heavy atom. The molecule has 1 aromatic heterocycles. The average molecular weight is 263 g/mol. The number of aromatic nitrogens is 2. The lowest BCUT2D eigenvalue weighted by Gasteiger charge is -2.33. The van der Waals surface area contributed by atoms with E-state index in [1.807, 2.05) is 11.7 Å². The van der Waals surface area contributed by atoms with Crippen LogP contribution < -0.4 is 5.32 Å². The molecule has 0 aliphatic heterocycles. The number of nitrogens with one attached hydrogen (secondary N) is 1. The van der Waals surface area contributed by atoms with Crippen LogP contribution in [0.25, 0.3) is 0 Å². The van der Waals surface area contributed by atoms with Gasteiger partial charge in [0, 0.05) is 31.9 Å². The highest BCUT2D eigenvalue weighted by atomic mass is 15.3. The zero-order valence-electron chi connectivity index (χ0n) is 13.0. The Bertz CT molecular complexity index is 400. The Balaban J connectivity index is 1.88. The fourth-order valence-electron chi connectivity index (χ4n) is 3.26. The van der Waals surface area contributed by atoms with Gasteiger partial charge in [0.1, 0.15) is 0 Å². The summed E-state index contributed by atoms with van der Waals surface area (Å²) in [5, 5.41) is 8.24. The molecule has 3 heteroatoms. The molecular formula is C16H29N3. The van der Waals surface area contributed by atoms with Crippen LogP contribution in [0.5, 0.6) is 0 Å². The molecule has 1 N–H and O–H groups in total. The van der Waals surface area contributed by atoms with E-state index in [9.17, 15) is 0 Å². The molecule has 0 radical (unpaired) electrons. The summed E-state index contributed by atoms with van der Waals surface area (Å²) in [4.78, 5) is 0. The third-order valence-corrected chi connectivity index (χ3v) is 4.41. The van der Waals surface area contributed by atoms with Gasteiger partial charge >= 0.3 is 0 Å². The fourth-order valence-corrected chi connectivity index (χ4v) is 3.26. The first-order valence-electron chi connectivity index (χ1n) is 7.73. The maximum absolute atomic E-state index is 4.57. The Hall–Kier alpha value is -0.830. The monoisotopic (exact) mass is 263 g/mol. The number of hydrogen-bond donors (Lipinski definition) is 1. The number of hydrogen-bond acceptors (Lipinski definition) is 2. The smallest absolute Gasteiger partial charge is 0.0694 e. The van der Waals surface area contributed by atoms with Gasteiger partial charge in [0.25, 0.3) is 0 Å². The third kappa shape index (κ3) is 3.82. The maximum Gasteiger partial charge on any atom is 0.0694 e. The molecule has 0 aromatic carbocycles. The fraction of sp³-hybridized carbons (Fsp3) is 0.812. The lowest BCUT2D eigenvalue weighted by Crippen LogP contribution is -2.33. The normalized spacial score (nSPS) is 19.0. The van der Waals surface area contributed by atoms with E-state index >= 15 is 0 Å². The molecule has 3 nitrogen and oxygen atoms in total. The SMILES string of the molecule is CC(C)c1nn(C)cc1CNCC1(C)CCCCC1. The highest BCUT2D eigenvalue weighted by Crippen LogP contribution is 2.35. The van der Waals surface area contributed by atoms with Crippen molar-refractivity contribution in [3.63, 3.8) is 0 Å². The summed E-state index contributed by atoms with van der Waals surface area (Å²) >= 11 is 0. The van der Waals surface area contributed by atoms with Crippen LogP contribution in [-0.2, 0) is 13.6 Å². The Kier molecular flexibility index (Phi) is 4.67. The van der Waals surface area contributed by atoms with Crippen LogP contribution in [0, 0.1) is 5.41 Å². The van der Waals surface area contributed by atoms with Gasteiger partial charge in [0.05, 0.1) is 5.69 Å². The van der Waals surface area contributed by atoms with E-state index in [4.69, 9.17) is 0 Å². The summed E-state index contributed by atoms with van der Waals surface area (Å²) in [6.45, 7) is 8.96. The molecule has 0 saturated heterocycles. The molecule has 2 rings (SSSR count). The van der Waals surface area contributed by atoms with Crippen LogP contribution in [0.4, 0.5) is 0 Å². The average Bonchev–Trinajstić information content (AvgIpc) is 2.71. The highest BCUT2D eigenvalue weighted by molar-refractivity contribution is 5.19. The summed E-state index contributed by atoms with van der Waals surface area (Å²) in [6.07, 6.45) is 9.15. The van der Waals surface area contributed by atoms with Crippen LogP contribution in [0.2, 0.25) is 0 Å². The molecule has 1 heterocycles. The first-order chi connectivity index (χ1) is 9.00. The zero-order chi connectivity index (χ0) is 13.9. The van der Waals surface area contributed by atoms with E-state index in [2.05, 4.69) is 37.4 Å². The predicted octanol–water partition coefficient (Wildman–Crippen LogP) is 3.60. The van der Waals surface area contributed by atoms with Crippen molar-refractivity contribution >= 4 is 0 Å². The van der Waals surface area contributed by atoms with E-state index < -0.39 is 0 Å². The van der Waals surface area contributed by atoms with Crippen molar-refractivity contribution in [3.8, 4) is 0 Å². The molecule has 19 heavy (non-hydrogen) atoms. The molecule has 0 unspecified atom stereocenters. The molecule has 0 atom stereocenters. The van der Waals surface area contributed by atoms with E-state index in [-0.39, 0.29) is 0 Å². The molecular weight excluding hydrogens is 234 g/mol. The minimum atomic E-state index is 0.503. The summed E-state index contributed by atoms with van der Waals surface area (Å²) in [7, 11) is 2.01. The first-order valence-corrected chi connectivity index (χ1v) is 7.73. The van der Waals surface area contributed by atoms with Gasteiger partial charge in [-0.05, 0) is 24.2 Å². The summed E-state index contributed by atoms with van der Waals surface area (Å²) in [5.41, 5.74) is 3.11. The van der Waals surface area contributed by atoms with Gasteiger partial charge in [-0.3, -0.25) is 4.68 Å². The summed E-state index contributed by atoms with van der Waals surface area (Å²) in [6, 6.07) is 0. The van der Waals surface area contributed by atoms with Crippen LogP contribution in [-0.4, -0.2) is 16.3 Å². The van der Waals surface area contributed by atoms with Crippen LogP contribution in [0.3, 0.4) is 0 Å². The first kappa shape index (κ1) is 14.6. The van der Waals surface area contributed by atoms with Gasteiger partial charge in [0.2, 0.25) is 0 Å². The van der Waals surface area contributed by atoms with Crippen molar-refractivity contribution < 1.29 is 0 Å². The lowest BCUT2D eigenvalue weighted by atomic mass is 9.76. The molecule has 108 valence electrons. The van der Waals surface area contributed by atoms with Gasteiger partial charge < -0.3 is 5.32 Å². The molecule has 1 aromatic rings. The van der Waals surface area contributed by atoms with Crippen LogP contribution in [0.1, 0.15) is 70.1 Å². The summed E-state index contributed by atoms with van der Waals surface area (Å²) in [5.74, 6) is 0.503. The standard InChI is InChI=1S/C16H29N3/c1-13(2)15-14(11-19(4)18-15)10-17-12-16(3)8-6-5-7-9-16/h11,13,17H,5-10,12H2,1-4H3. The van der Waals surface area contributed by atoms with Crippen molar-refractivity contribution in [2.24, 2.45) is 12.5 Å². The molecule has 0 amide bonds. The van der Waals surface area contributed by atoms with E-state index in [0.717, 1.165) is 13.1 Å². The van der Waals surface area contributed by atoms with Crippen molar-refractivity contribution in [2.75, 3.05) is 6.54 Å². The number of aryl methyl sites for hydroxylation is 1. The Morgan fingerprint density at radius 1 is 1.32 bits per heavy atom. The molecule has 1 aliphatic rings. The minimum Gasteiger partial charge on any atom is -0.312 e. The Labute approximate surface area is 117 Å². The largest absolute Gasteiger partial charge is 0.312 e. The molecule has 1 aliphatic carbocycles. The summed E-state index contributed by atoms with van der Waals surface area (Å²) < 4.78 is 1.94. The maximum atomic E-state index is 4.57. The Morgan fingerprint density at radius 2 is 2.00 bits per heavy atom. The van der Waals surface area contributed by atoms with E-state index in [1.165, 1.54) is 43.4 Å². The minimum absolute atomic E-state index is 0.503. The number of nitrogens with zero attached hydrogens (tertiary/aromatic N) is 2. The van der Waals surface area contributed by atoms with E-state index in [1.54, 1.807) is 0 Å². The van der Waals surface area contributed by atoms with Gasteiger partial charge in [-0.2, -0.15) is 5.10 Å². The van der Waals surface area contributed by atoms with Gasteiger partial charge in [-0.1, -0.05) is 40.0 Å². The van der Waals surface area contributed by atoms with Gasteiger partial charge in [0.15, 0.2) is 0 Å². The second-order valence-corrected chi connectivity index (χ2v) is 6.84. The van der Waals surface area contributed by atoms with Crippen LogP contribution >= 0.6 is 0 Å². The number of rotatable bonds is 5. The third-order valence-electron chi connectivity index (χ3n) is 4.41. The van der Waals surface area contributed by atoms with Gasteiger partial charge in [-0.15, -0.1) is 0 Å².